The van der Waals surface area contributed by atoms with Crippen molar-refractivity contribution in [3.05, 3.63) is 59.8 Å². The van der Waals surface area contributed by atoms with Crippen LogP contribution >= 0.6 is 0 Å². The van der Waals surface area contributed by atoms with Crippen molar-refractivity contribution in [2.75, 3.05) is 0 Å². The third-order valence-electron chi connectivity index (χ3n) is 3.39. The summed E-state index contributed by atoms with van der Waals surface area (Å²) in [6.45, 7) is 1.79. The average molecular weight is 264 g/mol. The molecule has 4 nitrogen and oxygen atoms in total. The van der Waals surface area contributed by atoms with E-state index < -0.39 is 5.97 Å². The summed E-state index contributed by atoms with van der Waals surface area (Å²) in [5.74, 6) is -0.933. The van der Waals surface area contributed by atoms with Crippen LogP contribution in [0, 0.1) is 6.92 Å². The number of nitrogens with zero attached hydrogens (tertiary/aromatic N) is 2. The van der Waals surface area contributed by atoms with Crippen LogP contribution in [0.2, 0.25) is 0 Å². The van der Waals surface area contributed by atoms with Crippen molar-refractivity contribution in [1.82, 2.24) is 10.2 Å². The van der Waals surface area contributed by atoms with Crippen LogP contribution in [-0.4, -0.2) is 21.3 Å². The summed E-state index contributed by atoms with van der Waals surface area (Å²) in [6.07, 6.45) is 1.70. The van der Waals surface area contributed by atoms with Crippen LogP contribution in [0.25, 0.3) is 22.0 Å². The van der Waals surface area contributed by atoms with Crippen molar-refractivity contribution in [1.29, 1.82) is 0 Å². The Bertz CT molecular complexity index is 807. The van der Waals surface area contributed by atoms with Gasteiger partial charge in [0, 0.05) is 16.3 Å². The molecule has 0 aliphatic rings. The van der Waals surface area contributed by atoms with E-state index >= 15 is 0 Å². The fourth-order valence-corrected chi connectivity index (χ4v) is 2.35. The van der Waals surface area contributed by atoms with Gasteiger partial charge in [0.25, 0.3) is 0 Å². The second kappa shape index (κ2) is 4.74. The Hall–Kier alpha value is -2.75. The first kappa shape index (κ1) is 12.3. The van der Waals surface area contributed by atoms with Crippen LogP contribution in [0.5, 0.6) is 0 Å². The molecule has 2 aromatic carbocycles. The summed E-state index contributed by atoms with van der Waals surface area (Å²) in [5.41, 5.74) is 2.50. The highest BCUT2D eigenvalue weighted by molar-refractivity contribution is 5.97. The van der Waals surface area contributed by atoms with Gasteiger partial charge in [-0.05, 0) is 18.6 Å². The highest BCUT2D eigenvalue weighted by Gasteiger charge is 2.14. The van der Waals surface area contributed by atoms with Gasteiger partial charge in [0.2, 0.25) is 0 Å². The number of fused-ring (bicyclic) bond motifs is 1. The number of carboxylic acids is 1. The summed E-state index contributed by atoms with van der Waals surface area (Å²) in [4.78, 5) is 11.2. The largest absolute Gasteiger partial charge is 0.478 e. The Morgan fingerprint density at radius 3 is 2.70 bits per heavy atom. The van der Waals surface area contributed by atoms with Crippen molar-refractivity contribution in [3.63, 3.8) is 0 Å². The first-order valence-corrected chi connectivity index (χ1v) is 6.22. The molecular weight excluding hydrogens is 252 g/mol. The zero-order chi connectivity index (χ0) is 14.1. The second-order valence-electron chi connectivity index (χ2n) is 4.56. The van der Waals surface area contributed by atoms with Crippen molar-refractivity contribution in [3.8, 4) is 11.3 Å². The van der Waals surface area contributed by atoms with Gasteiger partial charge in [0.15, 0.2) is 0 Å². The van der Waals surface area contributed by atoms with Gasteiger partial charge in [-0.15, -0.1) is 5.10 Å². The minimum absolute atomic E-state index is 0.289. The molecule has 0 unspecified atom stereocenters. The fourth-order valence-electron chi connectivity index (χ4n) is 2.35. The highest BCUT2D eigenvalue weighted by atomic mass is 16.4. The van der Waals surface area contributed by atoms with Crippen LogP contribution in [0.4, 0.5) is 0 Å². The molecule has 0 amide bonds. The van der Waals surface area contributed by atoms with Crippen LogP contribution in [0.15, 0.2) is 48.7 Å². The molecule has 0 atom stereocenters. The maximum absolute atomic E-state index is 11.2. The number of hydrogen-bond donors (Lipinski definition) is 1. The van der Waals surface area contributed by atoms with E-state index in [0.29, 0.717) is 11.3 Å². The lowest BCUT2D eigenvalue weighted by molar-refractivity contribution is 0.0696. The van der Waals surface area contributed by atoms with Crippen molar-refractivity contribution < 1.29 is 9.90 Å². The average Bonchev–Trinajstić information content (AvgIpc) is 2.47. The summed E-state index contributed by atoms with van der Waals surface area (Å²) in [5, 5.41) is 19.4. The lowest BCUT2D eigenvalue weighted by Gasteiger charge is -2.09. The highest BCUT2D eigenvalue weighted by Crippen LogP contribution is 2.29. The lowest BCUT2D eigenvalue weighted by Crippen LogP contribution is -2.01. The van der Waals surface area contributed by atoms with Gasteiger partial charge in [-0.3, -0.25) is 0 Å². The van der Waals surface area contributed by atoms with Gasteiger partial charge in [-0.1, -0.05) is 36.4 Å². The molecule has 3 aromatic rings. The number of aromatic carboxylic acids is 1. The van der Waals surface area contributed by atoms with E-state index in [9.17, 15) is 9.90 Å². The van der Waals surface area contributed by atoms with Crippen LogP contribution in [0.3, 0.4) is 0 Å². The molecular formula is C16H12N2O2. The predicted molar refractivity (Wildman–Crippen MR) is 76.7 cm³/mol. The molecule has 0 bridgehead atoms. The van der Waals surface area contributed by atoms with Crippen molar-refractivity contribution in [2.24, 2.45) is 0 Å². The molecule has 98 valence electrons. The monoisotopic (exact) mass is 264 g/mol. The van der Waals surface area contributed by atoms with E-state index in [1.807, 2.05) is 30.3 Å². The molecule has 0 aliphatic heterocycles. The molecule has 0 radical (unpaired) electrons. The maximum Gasteiger partial charge on any atom is 0.335 e. The van der Waals surface area contributed by atoms with Crippen LogP contribution in [0.1, 0.15) is 15.9 Å². The predicted octanol–water partition coefficient (Wildman–Crippen LogP) is 3.30. The van der Waals surface area contributed by atoms with Gasteiger partial charge in [-0.25, -0.2) is 4.79 Å². The number of carbonyl (C=O) groups is 1. The molecule has 0 aliphatic carbocycles. The lowest BCUT2D eigenvalue weighted by atomic mass is 9.97. The van der Waals surface area contributed by atoms with E-state index in [1.165, 1.54) is 0 Å². The number of rotatable bonds is 2. The summed E-state index contributed by atoms with van der Waals surface area (Å²) >= 11 is 0. The molecule has 3 rings (SSSR count). The Balaban J connectivity index is 2.32. The summed E-state index contributed by atoms with van der Waals surface area (Å²) in [6, 6.07) is 13.0. The standard InChI is InChI=1S/C16H12N2O2/c1-10-12(7-4-8-13(10)16(19)20)15-14-6-3-2-5-11(14)9-17-18-15/h2-9H,1H3,(H,19,20). The molecule has 0 saturated carbocycles. The number of benzene rings is 2. The molecule has 1 heterocycles. The molecule has 1 aromatic heterocycles. The Kier molecular flexibility index (Phi) is 2.91. The molecule has 1 N–H and O–H groups in total. The fraction of sp³-hybridized carbons (Fsp3) is 0.0625. The first-order valence-electron chi connectivity index (χ1n) is 6.22. The SMILES string of the molecule is Cc1c(C(=O)O)cccc1-c1nncc2ccccc12. The Morgan fingerprint density at radius 2 is 1.90 bits per heavy atom. The van der Waals surface area contributed by atoms with E-state index in [-0.39, 0.29) is 5.56 Å². The van der Waals surface area contributed by atoms with Gasteiger partial charge < -0.3 is 5.11 Å². The molecule has 0 fully saturated rings. The van der Waals surface area contributed by atoms with Crippen LogP contribution in [-0.2, 0) is 0 Å². The maximum atomic E-state index is 11.2. The van der Waals surface area contributed by atoms with E-state index in [1.54, 1.807) is 25.3 Å². The van der Waals surface area contributed by atoms with E-state index in [0.717, 1.165) is 16.3 Å². The van der Waals surface area contributed by atoms with Gasteiger partial charge in [-0.2, -0.15) is 5.10 Å². The number of hydrogen-bond acceptors (Lipinski definition) is 3. The van der Waals surface area contributed by atoms with E-state index in [4.69, 9.17) is 0 Å². The molecule has 4 heteroatoms. The minimum Gasteiger partial charge on any atom is -0.478 e. The zero-order valence-corrected chi connectivity index (χ0v) is 10.9. The van der Waals surface area contributed by atoms with Crippen molar-refractivity contribution >= 4 is 16.7 Å². The Morgan fingerprint density at radius 1 is 1.10 bits per heavy atom. The quantitative estimate of drug-likeness (QED) is 0.771. The van der Waals surface area contributed by atoms with E-state index in [2.05, 4.69) is 10.2 Å². The third-order valence-corrected chi connectivity index (χ3v) is 3.39. The van der Waals surface area contributed by atoms with Crippen molar-refractivity contribution in [2.45, 2.75) is 6.92 Å². The zero-order valence-electron chi connectivity index (χ0n) is 10.9. The third kappa shape index (κ3) is 1.91. The first-order chi connectivity index (χ1) is 9.68. The normalized spacial score (nSPS) is 10.7. The number of carboxylic acid groups (broad SMARTS) is 1. The van der Waals surface area contributed by atoms with Gasteiger partial charge in [0.1, 0.15) is 5.69 Å². The number of aromatic nitrogens is 2. The minimum atomic E-state index is -0.933. The molecule has 0 saturated heterocycles. The smallest absolute Gasteiger partial charge is 0.335 e. The Labute approximate surface area is 115 Å². The second-order valence-corrected chi connectivity index (χ2v) is 4.56. The van der Waals surface area contributed by atoms with Gasteiger partial charge in [0.05, 0.1) is 11.8 Å². The summed E-state index contributed by atoms with van der Waals surface area (Å²) in [7, 11) is 0. The topological polar surface area (TPSA) is 63.1 Å². The van der Waals surface area contributed by atoms with Gasteiger partial charge >= 0.3 is 5.97 Å². The molecule has 0 spiro atoms. The molecule has 20 heavy (non-hydrogen) atoms. The van der Waals surface area contributed by atoms with Crippen LogP contribution < -0.4 is 0 Å². The summed E-state index contributed by atoms with van der Waals surface area (Å²) < 4.78 is 0.